The summed E-state index contributed by atoms with van der Waals surface area (Å²) in [7, 11) is 0. The Morgan fingerprint density at radius 1 is 0.889 bits per heavy atom. The molecule has 2 nitrogen and oxygen atoms in total. The van der Waals surface area contributed by atoms with Gasteiger partial charge in [-0.3, -0.25) is 4.79 Å². The van der Waals surface area contributed by atoms with E-state index >= 15 is 0 Å². The van der Waals surface area contributed by atoms with Gasteiger partial charge in [-0.05, 0) is 18.4 Å². The van der Waals surface area contributed by atoms with Gasteiger partial charge < -0.3 is 5.73 Å². The second kappa shape index (κ2) is 6.69. The smallest absolute Gasteiger partial charge is 0.142 e. The Morgan fingerprint density at radius 2 is 1.44 bits per heavy atom. The molecule has 0 aromatic rings. The van der Waals surface area contributed by atoms with E-state index in [0.717, 1.165) is 6.29 Å². The molecule has 9 heavy (non-hydrogen) atoms. The first-order valence-electron chi connectivity index (χ1n) is 2.57. The number of hydrogen-bond acceptors (Lipinski definition) is 2. The van der Waals surface area contributed by atoms with Crippen LogP contribution in [0.3, 0.4) is 0 Å². The van der Waals surface area contributed by atoms with Crippen LogP contribution in [-0.4, -0.2) is 6.29 Å². The molecule has 0 saturated carbocycles. The predicted molar refractivity (Wildman–Crippen MR) is 37.7 cm³/mol. The molecule has 2 N–H and O–H groups in total. The van der Waals surface area contributed by atoms with Crippen LogP contribution >= 0.6 is 0 Å². The number of rotatable bonds is 3. The van der Waals surface area contributed by atoms with Gasteiger partial charge in [0.2, 0.25) is 0 Å². The highest BCUT2D eigenvalue weighted by Gasteiger charge is 1.59. The second-order valence-electron chi connectivity index (χ2n) is 1.29. The van der Waals surface area contributed by atoms with Crippen molar-refractivity contribution in [2.45, 2.75) is 0 Å². The van der Waals surface area contributed by atoms with Crippen molar-refractivity contribution >= 4 is 6.29 Å². The standard InChI is InChI=1S/C7H9NO/c8-6-4-2-1-3-5-7-9/h1-7H,8H2. The minimum Gasteiger partial charge on any atom is -0.405 e. The van der Waals surface area contributed by atoms with Gasteiger partial charge in [0.1, 0.15) is 6.29 Å². The quantitative estimate of drug-likeness (QED) is 0.342. The molecule has 0 bridgehead atoms. The van der Waals surface area contributed by atoms with Crippen molar-refractivity contribution in [3.05, 3.63) is 36.6 Å². The Balaban J connectivity index is 3.46. The van der Waals surface area contributed by atoms with Gasteiger partial charge in [0, 0.05) is 0 Å². The average molecular weight is 123 g/mol. The molecule has 48 valence electrons. The van der Waals surface area contributed by atoms with Crippen molar-refractivity contribution in [2.75, 3.05) is 0 Å². The van der Waals surface area contributed by atoms with Gasteiger partial charge in [0.15, 0.2) is 0 Å². The first-order valence-corrected chi connectivity index (χ1v) is 2.57. The summed E-state index contributed by atoms with van der Waals surface area (Å²) in [5.74, 6) is 0. The minimum atomic E-state index is 0.719. The molecule has 0 aromatic heterocycles. The van der Waals surface area contributed by atoms with E-state index in [-0.39, 0.29) is 0 Å². The van der Waals surface area contributed by atoms with E-state index in [4.69, 9.17) is 5.73 Å². The van der Waals surface area contributed by atoms with Crippen molar-refractivity contribution in [3.63, 3.8) is 0 Å². The molecule has 0 radical (unpaired) electrons. The highest BCUT2D eigenvalue weighted by Crippen LogP contribution is 1.75. The molecule has 0 aromatic carbocycles. The molecule has 0 heterocycles. The first-order chi connectivity index (χ1) is 4.41. The molecule has 0 atom stereocenters. The highest BCUT2D eigenvalue weighted by molar-refractivity contribution is 5.65. The van der Waals surface area contributed by atoms with Crippen molar-refractivity contribution in [1.29, 1.82) is 0 Å². The monoisotopic (exact) mass is 123 g/mol. The maximum atomic E-state index is 9.67. The molecule has 0 aliphatic heterocycles. The number of nitrogens with two attached hydrogens (primary N) is 1. The predicted octanol–water partition coefficient (Wildman–Crippen LogP) is 0.770. The third-order valence-electron chi connectivity index (χ3n) is 0.634. The number of allylic oxidation sites excluding steroid dienone is 5. The lowest BCUT2D eigenvalue weighted by Crippen LogP contribution is -1.71. The molecule has 2 heteroatoms. The van der Waals surface area contributed by atoms with E-state index in [9.17, 15) is 4.79 Å². The van der Waals surface area contributed by atoms with Crippen LogP contribution in [0.25, 0.3) is 0 Å². The van der Waals surface area contributed by atoms with Crippen molar-refractivity contribution in [2.24, 2.45) is 5.73 Å². The van der Waals surface area contributed by atoms with E-state index in [1.165, 1.54) is 12.3 Å². The summed E-state index contributed by atoms with van der Waals surface area (Å²) in [6, 6.07) is 0. The molecular weight excluding hydrogens is 114 g/mol. The summed E-state index contributed by atoms with van der Waals surface area (Å²) >= 11 is 0. The van der Waals surface area contributed by atoms with Crippen LogP contribution in [0.5, 0.6) is 0 Å². The number of carbonyl (C=O) groups is 1. The minimum absolute atomic E-state index is 0.719. The molecule has 0 unspecified atom stereocenters. The Morgan fingerprint density at radius 3 is 2.00 bits per heavy atom. The van der Waals surface area contributed by atoms with Crippen molar-refractivity contribution in [1.82, 2.24) is 0 Å². The van der Waals surface area contributed by atoms with Crippen LogP contribution in [0.2, 0.25) is 0 Å². The van der Waals surface area contributed by atoms with Crippen molar-refractivity contribution in [3.8, 4) is 0 Å². The summed E-state index contributed by atoms with van der Waals surface area (Å²) < 4.78 is 0. The Kier molecular flexibility index (Phi) is 5.72. The van der Waals surface area contributed by atoms with Crippen molar-refractivity contribution < 1.29 is 4.79 Å². The zero-order chi connectivity index (χ0) is 6.95. The number of hydrogen-bond donors (Lipinski definition) is 1. The van der Waals surface area contributed by atoms with Gasteiger partial charge in [0.25, 0.3) is 0 Å². The number of aldehydes is 1. The Bertz CT molecular complexity index is 145. The SMILES string of the molecule is NC=CC=CC=CC=O. The van der Waals surface area contributed by atoms with Crippen LogP contribution in [0.1, 0.15) is 0 Å². The largest absolute Gasteiger partial charge is 0.405 e. The summed E-state index contributed by atoms with van der Waals surface area (Å²) in [5, 5.41) is 0. The normalized spacial score (nSPS) is 12.0. The van der Waals surface area contributed by atoms with Gasteiger partial charge in [-0.25, -0.2) is 0 Å². The summed E-state index contributed by atoms with van der Waals surface area (Å²) in [6.45, 7) is 0. The fourth-order valence-corrected chi connectivity index (χ4v) is 0.302. The third-order valence-corrected chi connectivity index (χ3v) is 0.634. The van der Waals surface area contributed by atoms with Gasteiger partial charge in [-0.1, -0.05) is 18.2 Å². The fourth-order valence-electron chi connectivity index (χ4n) is 0.302. The molecule has 0 amide bonds. The third kappa shape index (κ3) is 6.69. The van der Waals surface area contributed by atoms with Crippen LogP contribution in [0, 0.1) is 0 Å². The highest BCUT2D eigenvalue weighted by atomic mass is 16.1. The molecule has 0 spiro atoms. The summed E-state index contributed by atoms with van der Waals surface area (Å²) in [6.07, 6.45) is 10.3. The van der Waals surface area contributed by atoms with Gasteiger partial charge in [-0.15, -0.1) is 0 Å². The zero-order valence-electron chi connectivity index (χ0n) is 5.03. The molecule has 0 fully saturated rings. The molecule has 0 rings (SSSR count). The van der Waals surface area contributed by atoms with E-state index in [1.54, 1.807) is 24.3 Å². The van der Waals surface area contributed by atoms with Gasteiger partial charge in [0.05, 0.1) is 0 Å². The van der Waals surface area contributed by atoms with Gasteiger partial charge >= 0.3 is 0 Å². The molecule has 0 aliphatic carbocycles. The summed E-state index contributed by atoms with van der Waals surface area (Å²) in [5.41, 5.74) is 5.02. The average Bonchev–Trinajstić information content (AvgIpc) is 1.89. The van der Waals surface area contributed by atoms with Crippen LogP contribution < -0.4 is 5.73 Å². The second-order valence-corrected chi connectivity index (χ2v) is 1.29. The number of carbonyl (C=O) groups excluding carboxylic acids is 1. The van der Waals surface area contributed by atoms with Gasteiger partial charge in [-0.2, -0.15) is 0 Å². The summed E-state index contributed by atoms with van der Waals surface area (Å²) in [4.78, 5) is 9.67. The lowest BCUT2D eigenvalue weighted by atomic mass is 10.4. The maximum Gasteiger partial charge on any atom is 0.142 e. The van der Waals surface area contributed by atoms with Crippen LogP contribution in [-0.2, 0) is 4.79 Å². The lowest BCUT2D eigenvalue weighted by Gasteiger charge is -1.68. The molecule has 0 saturated heterocycles. The topological polar surface area (TPSA) is 43.1 Å². The van der Waals surface area contributed by atoms with Crippen LogP contribution in [0.4, 0.5) is 0 Å². The van der Waals surface area contributed by atoms with E-state index in [1.807, 2.05) is 0 Å². The molecule has 0 aliphatic rings. The van der Waals surface area contributed by atoms with Crippen LogP contribution in [0.15, 0.2) is 36.6 Å². The zero-order valence-corrected chi connectivity index (χ0v) is 5.03. The Labute approximate surface area is 54.4 Å². The lowest BCUT2D eigenvalue weighted by molar-refractivity contribution is -0.104. The fraction of sp³-hybridized carbons (Fsp3) is 0. The van der Waals surface area contributed by atoms with E-state index in [2.05, 4.69) is 0 Å². The van der Waals surface area contributed by atoms with E-state index in [0.29, 0.717) is 0 Å². The molecular formula is C7H9NO. The first kappa shape index (κ1) is 7.69. The maximum absolute atomic E-state index is 9.67. The Hall–Kier alpha value is -1.31. The van der Waals surface area contributed by atoms with E-state index < -0.39 is 0 Å².